The van der Waals surface area contributed by atoms with Crippen LogP contribution in [0.25, 0.3) is 0 Å². The number of carbonyl (C=O) groups excluding carboxylic acids is 1. The van der Waals surface area contributed by atoms with E-state index in [0.29, 0.717) is 12.3 Å². The van der Waals surface area contributed by atoms with Crippen molar-refractivity contribution >= 4 is 11.6 Å². The molecule has 0 saturated heterocycles. The van der Waals surface area contributed by atoms with Gasteiger partial charge < -0.3 is 4.74 Å². The number of hydrogen-bond donors (Lipinski definition) is 1. The highest BCUT2D eigenvalue weighted by Gasteiger charge is 2.24. The van der Waals surface area contributed by atoms with E-state index in [1.807, 2.05) is 31.2 Å². The van der Waals surface area contributed by atoms with E-state index in [2.05, 4.69) is 10.5 Å². The van der Waals surface area contributed by atoms with Crippen molar-refractivity contribution in [2.24, 2.45) is 11.0 Å². The van der Waals surface area contributed by atoms with E-state index in [9.17, 15) is 4.79 Å². The molecule has 4 heteroatoms. The van der Waals surface area contributed by atoms with Gasteiger partial charge in [-0.3, -0.25) is 4.79 Å². The van der Waals surface area contributed by atoms with Crippen molar-refractivity contribution in [2.45, 2.75) is 26.2 Å². The third-order valence-corrected chi connectivity index (χ3v) is 3.05. The maximum atomic E-state index is 11.7. The number of benzene rings is 1. The highest BCUT2D eigenvalue weighted by atomic mass is 16.5. The summed E-state index contributed by atoms with van der Waals surface area (Å²) in [6.45, 7) is 1.96. The highest BCUT2D eigenvalue weighted by molar-refractivity contribution is 5.88. The average Bonchev–Trinajstić information content (AvgIpc) is 3.21. The molecule has 1 amide bonds. The van der Waals surface area contributed by atoms with Crippen LogP contribution in [0.5, 0.6) is 5.75 Å². The molecule has 1 saturated carbocycles. The fraction of sp³-hybridized carbons (Fsp3) is 0.429. The molecule has 0 aliphatic heterocycles. The lowest BCUT2D eigenvalue weighted by Crippen LogP contribution is -2.21. The minimum absolute atomic E-state index is 0.0832. The number of amides is 1. The molecule has 0 heterocycles. The number of hydrogen-bond acceptors (Lipinski definition) is 3. The van der Waals surface area contributed by atoms with E-state index >= 15 is 0 Å². The minimum atomic E-state index is -0.0832. The zero-order valence-electron chi connectivity index (χ0n) is 10.8. The van der Waals surface area contributed by atoms with Gasteiger partial charge in [0, 0.05) is 5.71 Å². The van der Waals surface area contributed by atoms with Crippen LogP contribution in [0, 0.1) is 5.92 Å². The second-order valence-electron chi connectivity index (χ2n) is 4.59. The first-order valence-electron chi connectivity index (χ1n) is 6.15. The van der Waals surface area contributed by atoms with Gasteiger partial charge in [0.05, 0.1) is 13.5 Å². The third kappa shape index (κ3) is 3.58. The smallest absolute Gasteiger partial charge is 0.244 e. The van der Waals surface area contributed by atoms with Crippen LogP contribution in [0.3, 0.4) is 0 Å². The first-order valence-corrected chi connectivity index (χ1v) is 6.15. The molecule has 96 valence electrons. The van der Waals surface area contributed by atoms with Crippen molar-refractivity contribution in [2.75, 3.05) is 7.11 Å². The van der Waals surface area contributed by atoms with Crippen molar-refractivity contribution in [3.05, 3.63) is 29.8 Å². The molecule has 0 radical (unpaired) electrons. The summed E-state index contributed by atoms with van der Waals surface area (Å²) >= 11 is 0. The average molecular weight is 246 g/mol. The molecule has 1 aromatic rings. The first-order chi connectivity index (χ1) is 8.69. The van der Waals surface area contributed by atoms with Gasteiger partial charge in [0.1, 0.15) is 5.75 Å². The largest absolute Gasteiger partial charge is 0.497 e. The predicted octanol–water partition coefficient (Wildman–Crippen LogP) is 2.14. The zero-order chi connectivity index (χ0) is 13.0. The number of ether oxygens (including phenoxy) is 1. The monoisotopic (exact) mass is 246 g/mol. The molecule has 0 spiro atoms. The van der Waals surface area contributed by atoms with Gasteiger partial charge in [-0.2, -0.15) is 5.10 Å². The highest BCUT2D eigenvalue weighted by Crippen LogP contribution is 2.30. The molecule has 1 N–H and O–H groups in total. The van der Waals surface area contributed by atoms with Crippen LogP contribution >= 0.6 is 0 Å². The van der Waals surface area contributed by atoms with Crippen LogP contribution in [-0.4, -0.2) is 18.7 Å². The normalized spacial score (nSPS) is 15.3. The number of nitrogens with zero attached hydrogens (tertiary/aromatic N) is 1. The molecule has 4 nitrogen and oxygen atoms in total. The Bertz CT molecular complexity index is 447. The van der Waals surface area contributed by atoms with Crippen LogP contribution in [0.15, 0.2) is 29.4 Å². The summed E-state index contributed by atoms with van der Waals surface area (Å²) < 4.78 is 5.06. The number of rotatable bonds is 5. The fourth-order valence-corrected chi connectivity index (χ4v) is 1.71. The van der Waals surface area contributed by atoms with Crippen molar-refractivity contribution in [1.82, 2.24) is 5.43 Å². The second-order valence-corrected chi connectivity index (χ2v) is 4.59. The van der Waals surface area contributed by atoms with Gasteiger partial charge in [0.2, 0.25) is 5.91 Å². The maximum Gasteiger partial charge on any atom is 0.244 e. The predicted molar refractivity (Wildman–Crippen MR) is 70.7 cm³/mol. The van der Waals surface area contributed by atoms with E-state index in [-0.39, 0.29) is 5.91 Å². The van der Waals surface area contributed by atoms with Crippen molar-refractivity contribution in [3.8, 4) is 5.75 Å². The van der Waals surface area contributed by atoms with E-state index in [1.165, 1.54) is 12.8 Å². The van der Waals surface area contributed by atoms with E-state index < -0.39 is 0 Å². The van der Waals surface area contributed by atoms with Crippen LogP contribution < -0.4 is 10.2 Å². The Morgan fingerprint density at radius 2 is 2.06 bits per heavy atom. The molecule has 0 aromatic heterocycles. The van der Waals surface area contributed by atoms with E-state index in [4.69, 9.17) is 4.74 Å². The second kappa shape index (κ2) is 5.67. The van der Waals surface area contributed by atoms with Gasteiger partial charge in [-0.15, -0.1) is 0 Å². The topological polar surface area (TPSA) is 50.7 Å². The van der Waals surface area contributed by atoms with Gasteiger partial charge in [-0.1, -0.05) is 12.1 Å². The molecule has 1 aliphatic rings. The Kier molecular flexibility index (Phi) is 3.97. The van der Waals surface area contributed by atoms with E-state index in [1.54, 1.807) is 7.11 Å². The summed E-state index contributed by atoms with van der Waals surface area (Å²) in [4.78, 5) is 11.7. The first kappa shape index (κ1) is 12.6. The van der Waals surface area contributed by atoms with E-state index in [0.717, 1.165) is 17.0 Å². The molecule has 0 unspecified atom stereocenters. The van der Waals surface area contributed by atoms with Crippen LogP contribution in [-0.2, 0) is 11.2 Å². The van der Waals surface area contributed by atoms with Crippen molar-refractivity contribution < 1.29 is 9.53 Å². The lowest BCUT2D eigenvalue weighted by Gasteiger charge is -2.03. The number of carbonyl (C=O) groups is 1. The van der Waals surface area contributed by atoms with Crippen molar-refractivity contribution in [1.29, 1.82) is 0 Å². The molecular formula is C14H18N2O2. The summed E-state index contributed by atoms with van der Waals surface area (Å²) in [6.07, 6.45) is 2.73. The van der Waals surface area contributed by atoms with Gasteiger partial charge in [0.25, 0.3) is 0 Å². The van der Waals surface area contributed by atoms with Gasteiger partial charge in [0.15, 0.2) is 0 Å². The Morgan fingerprint density at radius 1 is 1.39 bits per heavy atom. The molecule has 1 aliphatic carbocycles. The Morgan fingerprint density at radius 3 is 2.61 bits per heavy atom. The minimum Gasteiger partial charge on any atom is -0.497 e. The molecular weight excluding hydrogens is 228 g/mol. The van der Waals surface area contributed by atoms with Crippen LogP contribution in [0.1, 0.15) is 25.3 Å². The molecule has 1 fully saturated rings. The molecule has 2 rings (SSSR count). The lowest BCUT2D eigenvalue weighted by molar-refractivity contribution is -0.120. The maximum absolute atomic E-state index is 11.7. The lowest BCUT2D eigenvalue weighted by atomic mass is 10.1. The summed E-state index contributed by atoms with van der Waals surface area (Å²) in [5.74, 6) is 1.30. The molecule has 0 atom stereocenters. The Balaban J connectivity index is 1.84. The quantitative estimate of drug-likeness (QED) is 0.639. The summed E-state index contributed by atoms with van der Waals surface area (Å²) in [6, 6.07) is 7.47. The summed E-state index contributed by atoms with van der Waals surface area (Å²) in [5.41, 5.74) is 4.58. The summed E-state index contributed by atoms with van der Waals surface area (Å²) in [7, 11) is 1.62. The molecule has 0 bridgehead atoms. The van der Waals surface area contributed by atoms with Gasteiger partial charge in [-0.25, -0.2) is 5.43 Å². The SMILES string of the molecule is COc1ccc(CC(=O)NN=C(C)C2CC2)cc1. The zero-order valence-corrected chi connectivity index (χ0v) is 10.8. The van der Waals surface area contributed by atoms with Gasteiger partial charge >= 0.3 is 0 Å². The summed E-state index contributed by atoms with van der Waals surface area (Å²) in [5, 5.41) is 4.11. The Hall–Kier alpha value is -1.84. The standard InChI is InChI=1S/C14H18N2O2/c1-10(12-5-6-12)15-16-14(17)9-11-3-7-13(18-2)8-4-11/h3-4,7-8,12H,5-6,9H2,1-2H3,(H,16,17). The number of nitrogens with one attached hydrogen (secondary N) is 1. The fourth-order valence-electron chi connectivity index (χ4n) is 1.71. The third-order valence-electron chi connectivity index (χ3n) is 3.05. The Labute approximate surface area is 107 Å². The molecule has 18 heavy (non-hydrogen) atoms. The van der Waals surface area contributed by atoms with Crippen LogP contribution in [0.2, 0.25) is 0 Å². The van der Waals surface area contributed by atoms with Crippen LogP contribution in [0.4, 0.5) is 0 Å². The number of methoxy groups -OCH3 is 1. The molecule has 1 aromatic carbocycles. The van der Waals surface area contributed by atoms with Crippen molar-refractivity contribution in [3.63, 3.8) is 0 Å². The number of hydrazone groups is 1. The van der Waals surface area contributed by atoms with Gasteiger partial charge in [-0.05, 0) is 43.4 Å².